The van der Waals surface area contributed by atoms with Crippen molar-refractivity contribution in [2.75, 3.05) is 7.11 Å². The highest BCUT2D eigenvalue weighted by molar-refractivity contribution is 5.78. The molecular weight excluding hydrogens is 138 g/mol. The van der Waals surface area contributed by atoms with Gasteiger partial charge in [-0.2, -0.15) is 0 Å². The Morgan fingerprint density at radius 3 is 2.00 bits per heavy atom. The summed E-state index contributed by atoms with van der Waals surface area (Å²) < 4.78 is 4.93. The van der Waals surface area contributed by atoms with Gasteiger partial charge < -0.3 is 4.74 Å². The third-order valence-corrected chi connectivity index (χ3v) is 0.922. The molecule has 2 nitrogen and oxygen atoms in total. The van der Waals surface area contributed by atoms with Crippen molar-refractivity contribution >= 4 is 5.90 Å². The molecule has 0 aromatic rings. The van der Waals surface area contributed by atoms with Gasteiger partial charge in [0.05, 0.1) is 7.11 Å². The highest BCUT2D eigenvalue weighted by Gasteiger charge is 2.01. The molecule has 11 heavy (non-hydrogen) atoms. The SMILES string of the molecule is C=CN=C(OC)C(C)C.CC. The molecule has 0 heterocycles. The number of nitrogens with zero attached hydrogens (tertiary/aromatic N) is 1. The summed E-state index contributed by atoms with van der Waals surface area (Å²) in [5.74, 6) is 1.07. The highest BCUT2D eigenvalue weighted by atomic mass is 16.5. The molecule has 0 saturated heterocycles. The molecule has 0 saturated carbocycles. The van der Waals surface area contributed by atoms with Crippen molar-refractivity contribution in [3.05, 3.63) is 12.8 Å². The largest absolute Gasteiger partial charge is 0.484 e. The second-order valence-electron chi connectivity index (χ2n) is 2.01. The van der Waals surface area contributed by atoms with Crippen LogP contribution < -0.4 is 0 Å². The number of hydrogen-bond acceptors (Lipinski definition) is 2. The van der Waals surface area contributed by atoms with E-state index in [2.05, 4.69) is 11.6 Å². The zero-order valence-electron chi connectivity index (χ0n) is 8.22. The molecule has 0 radical (unpaired) electrons. The second kappa shape index (κ2) is 9.21. The fourth-order valence-electron chi connectivity index (χ4n) is 0.527. The van der Waals surface area contributed by atoms with E-state index >= 15 is 0 Å². The lowest BCUT2D eigenvalue weighted by molar-refractivity contribution is 0.375. The van der Waals surface area contributed by atoms with E-state index in [1.54, 1.807) is 7.11 Å². The molecule has 0 fully saturated rings. The first kappa shape index (κ1) is 12.8. The quantitative estimate of drug-likeness (QED) is 0.446. The van der Waals surface area contributed by atoms with Crippen LogP contribution in [-0.2, 0) is 4.74 Å². The molecule has 0 amide bonds. The first-order chi connectivity index (χ1) is 5.22. The zero-order valence-corrected chi connectivity index (χ0v) is 8.22. The Labute approximate surface area is 70.0 Å². The van der Waals surface area contributed by atoms with E-state index in [4.69, 9.17) is 4.74 Å². The van der Waals surface area contributed by atoms with Gasteiger partial charge >= 0.3 is 0 Å². The van der Waals surface area contributed by atoms with Crippen molar-refractivity contribution in [3.8, 4) is 0 Å². The van der Waals surface area contributed by atoms with Crippen molar-refractivity contribution in [1.29, 1.82) is 0 Å². The smallest absolute Gasteiger partial charge is 0.190 e. The first-order valence-electron chi connectivity index (χ1n) is 3.95. The van der Waals surface area contributed by atoms with E-state index in [-0.39, 0.29) is 0 Å². The van der Waals surface area contributed by atoms with E-state index in [0.717, 1.165) is 5.90 Å². The van der Waals surface area contributed by atoms with Gasteiger partial charge in [-0.1, -0.05) is 34.3 Å². The maximum Gasteiger partial charge on any atom is 0.190 e. The molecule has 2 heteroatoms. The normalized spacial score (nSPS) is 10.2. The Kier molecular flexibility index (Phi) is 10.8. The van der Waals surface area contributed by atoms with Crippen LogP contribution in [0.25, 0.3) is 0 Å². The average Bonchev–Trinajstić information content (AvgIpc) is 2.03. The molecule has 0 aliphatic carbocycles. The Hall–Kier alpha value is -0.790. The third-order valence-electron chi connectivity index (χ3n) is 0.922. The minimum atomic E-state index is 0.341. The van der Waals surface area contributed by atoms with E-state index in [1.165, 1.54) is 6.20 Å². The van der Waals surface area contributed by atoms with E-state index < -0.39 is 0 Å². The van der Waals surface area contributed by atoms with Gasteiger partial charge in [-0.15, -0.1) is 0 Å². The minimum Gasteiger partial charge on any atom is -0.484 e. The summed E-state index contributed by atoms with van der Waals surface area (Å²) in [6, 6.07) is 0. The first-order valence-corrected chi connectivity index (χ1v) is 3.95. The van der Waals surface area contributed by atoms with Crippen LogP contribution in [0.3, 0.4) is 0 Å². The molecule has 0 aliphatic heterocycles. The van der Waals surface area contributed by atoms with E-state index in [1.807, 2.05) is 27.7 Å². The fourth-order valence-corrected chi connectivity index (χ4v) is 0.527. The van der Waals surface area contributed by atoms with Crippen LogP contribution in [0.5, 0.6) is 0 Å². The molecule has 0 rings (SSSR count). The Bertz CT molecular complexity index is 117. The van der Waals surface area contributed by atoms with Crippen LogP contribution in [0.1, 0.15) is 27.7 Å². The van der Waals surface area contributed by atoms with Gasteiger partial charge in [0.2, 0.25) is 0 Å². The van der Waals surface area contributed by atoms with Gasteiger partial charge in [-0.25, -0.2) is 4.99 Å². The number of aliphatic imine (C=N–C) groups is 1. The Morgan fingerprint density at radius 1 is 1.45 bits per heavy atom. The fraction of sp³-hybridized carbons (Fsp3) is 0.667. The molecule has 0 bridgehead atoms. The summed E-state index contributed by atoms with van der Waals surface area (Å²) in [6.45, 7) is 11.5. The monoisotopic (exact) mass is 157 g/mol. The van der Waals surface area contributed by atoms with Crippen molar-refractivity contribution in [2.24, 2.45) is 10.9 Å². The molecule has 0 aliphatic rings. The van der Waals surface area contributed by atoms with Gasteiger partial charge in [0.15, 0.2) is 5.90 Å². The third kappa shape index (κ3) is 7.10. The van der Waals surface area contributed by atoms with Crippen molar-refractivity contribution < 1.29 is 4.74 Å². The summed E-state index contributed by atoms with van der Waals surface area (Å²) >= 11 is 0. The summed E-state index contributed by atoms with van der Waals surface area (Å²) in [7, 11) is 1.61. The van der Waals surface area contributed by atoms with Gasteiger partial charge in [-0.05, 0) is 0 Å². The van der Waals surface area contributed by atoms with Crippen LogP contribution in [0.15, 0.2) is 17.8 Å². The summed E-state index contributed by atoms with van der Waals surface area (Å²) in [6.07, 6.45) is 1.48. The maximum absolute atomic E-state index is 4.93. The molecule has 0 N–H and O–H groups in total. The van der Waals surface area contributed by atoms with Gasteiger partial charge in [0.25, 0.3) is 0 Å². The molecule has 0 spiro atoms. The van der Waals surface area contributed by atoms with Gasteiger partial charge in [0.1, 0.15) is 0 Å². The molecular formula is C9H19NO. The van der Waals surface area contributed by atoms with Crippen molar-refractivity contribution in [3.63, 3.8) is 0 Å². The van der Waals surface area contributed by atoms with Crippen LogP contribution in [-0.4, -0.2) is 13.0 Å². The minimum absolute atomic E-state index is 0.341. The van der Waals surface area contributed by atoms with E-state index in [9.17, 15) is 0 Å². The van der Waals surface area contributed by atoms with Crippen molar-refractivity contribution in [2.45, 2.75) is 27.7 Å². The second-order valence-corrected chi connectivity index (χ2v) is 2.01. The molecule has 0 aromatic heterocycles. The zero-order chi connectivity index (χ0) is 9.28. The van der Waals surface area contributed by atoms with E-state index in [0.29, 0.717) is 5.92 Å². The van der Waals surface area contributed by atoms with Gasteiger partial charge in [0, 0.05) is 12.1 Å². The molecule has 0 aromatic carbocycles. The molecule has 66 valence electrons. The Morgan fingerprint density at radius 2 is 1.91 bits per heavy atom. The Balaban J connectivity index is 0. The number of methoxy groups -OCH3 is 1. The summed E-state index contributed by atoms with van der Waals surface area (Å²) in [5, 5.41) is 0. The van der Waals surface area contributed by atoms with Crippen LogP contribution in [0.4, 0.5) is 0 Å². The number of rotatable bonds is 2. The van der Waals surface area contributed by atoms with Crippen LogP contribution in [0.2, 0.25) is 0 Å². The summed E-state index contributed by atoms with van der Waals surface area (Å²) in [4.78, 5) is 3.90. The predicted octanol–water partition coefficient (Wildman–Crippen LogP) is 2.86. The lowest BCUT2D eigenvalue weighted by atomic mass is 10.2. The highest BCUT2D eigenvalue weighted by Crippen LogP contribution is 1.97. The topological polar surface area (TPSA) is 21.6 Å². The van der Waals surface area contributed by atoms with Crippen molar-refractivity contribution in [1.82, 2.24) is 0 Å². The number of ether oxygens (including phenoxy) is 1. The van der Waals surface area contributed by atoms with Crippen LogP contribution >= 0.6 is 0 Å². The summed E-state index contributed by atoms with van der Waals surface area (Å²) in [5.41, 5.74) is 0. The lowest BCUT2D eigenvalue weighted by Crippen LogP contribution is -2.08. The molecule has 0 unspecified atom stereocenters. The molecule has 0 atom stereocenters. The number of hydrogen-bond donors (Lipinski definition) is 0. The standard InChI is InChI=1S/C7H13NO.C2H6/c1-5-8-7(9-4)6(2)3;1-2/h5-6H,1H2,2-4H3;1-2H3. The maximum atomic E-state index is 4.93. The predicted molar refractivity (Wildman–Crippen MR) is 50.8 cm³/mol. The van der Waals surface area contributed by atoms with Gasteiger partial charge in [-0.3, -0.25) is 0 Å². The van der Waals surface area contributed by atoms with Crippen LogP contribution in [0, 0.1) is 5.92 Å². The lowest BCUT2D eigenvalue weighted by Gasteiger charge is -2.05. The average molecular weight is 157 g/mol.